The molecule has 0 saturated carbocycles. The highest BCUT2D eigenvalue weighted by atomic mass is 35.5. The number of nitrogens with zero attached hydrogens (tertiary/aromatic N) is 1. The van der Waals surface area contributed by atoms with Gasteiger partial charge in [-0.05, 0) is 17.7 Å². The number of aliphatic hydroxyl groups is 1. The summed E-state index contributed by atoms with van der Waals surface area (Å²) in [7, 11) is -3.40. The zero-order valence-electron chi connectivity index (χ0n) is 11.0. The first-order chi connectivity index (χ1) is 9.41. The standard InChI is InChI=1S/C12H16ClNO5S/c1-20(16,17)14(2-3-15)8-9-6-10(13)12-11(7-9)18-4-5-19-12/h6-7,15H,2-5,8H2,1H3. The van der Waals surface area contributed by atoms with Crippen molar-refractivity contribution in [1.82, 2.24) is 4.31 Å². The van der Waals surface area contributed by atoms with Crippen LogP contribution in [-0.4, -0.2) is 50.5 Å². The molecule has 1 N–H and O–H groups in total. The zero-order chi connectivity index (χ0) is 14.8. The molecule has 0 aromatic heterocycles. The summed E-state index contributed by atoms with van der Waals surface area (Å²) in [6.45, 7) is 0.775. The van der Waals surface area contributed by atoms with E-state index in [9.17, 15) is 8.42 Å². The lowest BCUT2D eigenvalue weighted by Gasteiger charge is -2.22. The molecule has 0 unspecified atom stereocenters. The minimum atomic E-state index is -3.40. The van der Waals surface area contributed by atoms with E-state index < -0.39 is 10.0 Å². The molecule has 2 rings (SSSR count). The summed E-state index contributed by atoms with van der Waals surface area (Å²) in [5.74, 6) is 0.992. The molecule has 1 aromatic rings. The van der Waals surface area contributed by atoms with Crippen LogP contribution in [0.1, 0.15) is 5.56 Å². The first-order valence-electron chi connectivity index (χ1n) is 6.06. The van der Waals surface area contributed by atoms with Crippen LogP contribution in [0.3, 0.4) is 0 Å². The summed E-state index contributed by atoms with van der Waals surface area (Å²) in [5.41, 5.74) is 0.679. The molecule has 0 aliphatic carbocycles. The molecule has 1 aromatic carbocycles. The summed E-state index contributed by atoms with van der Waals surface area (Å²) >= 11 is 6.10. The van der Waals surface area contributed by atoms with Gasteiger partial charge in [-0.25, -0.2) is 8.42 Å². The molecule has 6 nitrogen and oxygen atoms in total. The first-order valence-corrected chi connectivity index (χ1v) is 8.28. The summed E-state index contributed by atoms with van der Waals surface area (Å²) in [5, 5.41) is 9.33. The molecule has 0 fully saturated rings. The third-order valence-electron chi connectivity index (χ3n) is 2.83. The molecule has 20 heavy (non-hydrogen) atoms. The van der Waals surface area contributed by atoms with Gasteiger partial charge in [0.1, 0.15) is 13.2 Å². The number of benzene rings is 1. The van der Waals surface area contributed by atoms with Crippen molar-refractivity contribution < 1.29 is 23.0 Å². The highest BCUT2D eigenvalue weighted by Gasteiger charge is 2.20. The Kier molecular flexibility index (Phi) is 4.74. The molecular formula is C12H16ClNO5S. The number of ether oxygens (including phenoxy) is 2. The van der Waals surface area contributed by atoms with Crippen LogP contribution in [0.5, 0.6) is 11.5 Å². The van der Waals surface area contributed by atoms with Crippen LogP contribution in [0.4, 0.5) is 0 Å². The fourth-order valence-electron chi connectivity index (χ4n) is 1.93. The predicted octanol–water partition coefficient (Wildman–Crippen LogP) is 0.865. The molecule has 8 heteroatoms. The molecule has 0 atom stereocenters. The number of fused-ring (bicyclic) bond motifs is 1. The molecule has 0 amide bonds. The minimum Gasteiger partial charge on any atom is -0.486 e. The van der Waals surface area contributed by atoms with E-state index in [4.69, 9.17) is 26.2 Å². The van der Waals surface area contributed by atoms with E-state index in [1.807, 2.05) is 0 Å². The average molecular weight is 322 g/mol. The van der Waals surface area contributed by atoms with E-state index in [1.165, 1.54) is 4.31 Å². The van der Waals surface area contributed by atoms with Crippen molar-refractivity contribution in [2.75, 3.05) is 32.6 Å². The lowest BCUT2D eigenvalue weighted by atomic mass is 10.2. The van der Waals surface area contributed by atoms with Gasteiger partial charge in [0.2, 0.25) is 10.0 Å². The van der Waals surface area contributed by atoms with Crippen molar-refractivity contribution in [2.45, 2.75) is 6.54 Å². The van der Waals surface area contributed by atoms with Crippen molar-refractivity contribution >= 4 is 21.6 Å². The maximum atomic E-state index is 11.6. The second-order valence-corrected chi connectivity index (χ2v) is 6.81. The van der Waals surface area contributed by atoms with Crippen molar-refractivity contribution in [3.8, 4) is 11.5 Å². The van der Waals surface area contributed by atoms with Crippen LogP contribution < -0.4 is 9.47 Å². The Morgan fingerprint density at radius 3 is 2.70 bits per heavy atom. The molecule has 0 bridgehead atoms. The monoisotopic (exact) mass is 321 g/mol. The number of hydrogen-bond acceptors (Lipinski definition) is 5. The molecular weight excluding hydrogens is 306 g/mol. The van der Waals surface area contributed by atoms with Gasteiger partial charge in [0.25, 0.3) is 0 Å². The fourth-order valence-corrected chi connectivity index (χ4v) is 3.02. The van der Waals surface area contributed by atoms with Crippen LogP contribution in [0.15, 0.2) is 12.1 Å². The Morgan fingerprint density at radius 1 is 1.35 bits per heavy atom. The number of aliphatic hydroxyl groups excluding tert-OH is 1. The Labute approximate surface area is 122 Å². The van der Waals surface area contributed by atoms with E-state index in [2.05, 4.69) is 0 Å². The first kappa shape index (κ1) is 15.4. The highest BCUT2D eigenvalue weighted by molar-refractivity contribution is 7.88. The molecule has 1 aliphatic rings. The summed E-state index contributed by atoms with van der Waals surface area (Å²) in [6, 6.07) is 3.35. The predicted molar refractivity (Wildman–Crippen MR) is 74.8 cm³/mol. The van der Waals surface area contributed by atoms with E-state index >= 15 is 0 Å². The molecule has 1 heterocycles. The summed E-state index contributed by atoms with van der Waals surface area (Å²) in [4.78, 5) is 0. The van der Waals surface area contributed by atoms with E-state index in [0.29, 0.717) is 35.3 Å². The van der Waals surface area contributed by atoms with Gasteiger partial charge in [-0.2, -0.15) is 4.31 Å². The van der Waals surface area contributed by atoms with Crippen molar-refractivity contribution in [3.63, 3.8) is 0 Å². The highest BCUT2D eigenvalue weighted by Crippen LogP contribution is 2.38. The van der Waals surface area contributed by atoms with Gasteiger partial charge >= 0.3 is 0 Å². The third-order valence-corrected chi connectivity index (χ3v) is 4.36. The van der Waals surface area contributed by atoms with Gasteiger partial charge < -0.3 is 14.6 Å². The van der Waals surface area contributed by atoms with Crippen LogP contribution in [0, 0.1) is 0 Å². The number of sulfonamides is 1. The SMILES string of the molecule is CS(=O)(=O)N(CCO)Cc1cc(Cl)c2c(c1)OCCO2. The smallest absolute Gasteiger partial charge is 0.211 e. The van der Waals surface area contributed by atoms with E-state index in [0.717, 1.165) is 6.26 Å². The van der Waals surface area contributed by atoms with Crippen molar-refractivity contribution in [3.05, 3.63) is 22.7 Å². The third kappa shape index (κ3) is 3.54. The largest absolute Gasteiger partial charge is 0.486 e. The molecule has 0 radical (unpaired) electrons. The van der Waals surface area contributed by atoms with Gasteiger partial charge in [0, 0.05) is 13.1 Å². The Bertz CT molecular complexity index is 590. The Morgan fingerprint density at radius 2 is 2.05 bits per heavy atom. The zero-order valence-corrected chi connectivity index (χ0v) is 12.6. The lowest BCUT2D eigenvalue weighted by Crippen LogP contribution is -2.32. The average Bonchev–Trinajstić information content (AvgIpc) is 2.37. The molecule has 112 valence electrons. The second-order valence-electron chi connectivity index (χ2n) is 4.42. The second kappa shape index (κ2) is 6.17. The maximum Gasteiger partial charge on any atom is 0.211 e. The quantitative estimate of drug-likeness (QED) is 0.870. The van der Waals surface area contributed by atoms with Crippen LogP contribution in [-0.2, 0) is 16.6 Å². The van der Waals surface area contributed by atoms with Crippen LogP contribution in [0.25, 0.3) is 0 Å². The van der Waals surface area contributed by atoms with Gasteiger partial charge in [-0.1, -0.05) is 11.6 Å². The normalized spacial score (nSPS) is 14.6. The van der Waals surface area contributed by atoms with E-state index in [-0.39, 0.29) is 19.7 Å². The van der Waals surface area contributed by atoms with Gasteiger partial charge in [-0.3, -0.25) is 0 Å². The Balaban J connectivity index is 2.27. The fraction of sp³-hybridized carbons (Fsp3) is 0.500. The summed E-state index contributed by atoms with van der Waals surface area (Å²) in [6.07, 6.45) is 1.10. The van der Waals surface area contributed by atoms with Crippen LogP contribution >= 0.6 is 11.6 Å². The molecule has 1 aliphatic heterocycles. The van der Waals surface area contributed by atoms with Crippen molar-refractivity contribution in [2.24, 2.45) is 0 Å². The lowest BCUT2D eigenvalue weighted by molar-refractivity contribution is 0.171. The van der Waals surface area contributed by atoms with E-state index in [1.54, 1.807) is 12.1 Å². The topological polar surface area (TPSA) is 76.1 Å². The van der Waals surface area contributed by atoms with Gasteiger partial charge in [0.15, 0.2) is 11.5 Å². The van der Waals surface area contributed by atoms with Crippen molar-refractivity contribution in [1.29, 1.82) is 0 Å². The minimum absolute atomic E-state index is 0.0326. The maximum absolute atomic E-state index is 11.6. The number of halogens is 1. The van der Waals surface area contributed by atoms with Crippen LogP contribution in [0.2, 0.25) is 5.02 Å². The van der Waals surface area contributed by atoms with Gasteiger partial charge in [0.05, 0.1) is 17.9 Å². The van der Waals surface area contributed by atoms with Gasteiger partial charge in [-0.15, -0.1) is 0 Å². The number of rotatable bonds is 5. The Hall–Kier alpha value is -1.02. The number of hydrogen-bond donors (Lipinski definition) is 1. The molecule has 0 saturated heterocycles. The molecule has 0 spiro atoms. The summed E-state index contributed by atoms with van der Waals surface area (Å²) < 4.78 is 35.3.